The molecule has 5 rings (SSSR count). The van der Waals surface area contributed by atoms with Gasteiger partial charge in [0, 0.05) is 43.8 Å². The predicted molar refractivity (Wildman–Crippen MR) is 146 cm³/mol. The van der Waals surface area contributed by atoms with Crippen LogP contribution in [0.25, 0.3) is 0 Å². The fourth-order valence-corrected chi connectivity index (χ4v) is 7.84. The van der Waals surface area contributed by atoms with Crippen molar-refractivity contribution in [3.05, 3.63) is 11.3 Å². The molecule has 0 radical (unpaired) electrons. The number of piperazine rings is 1. The van der Waals surface area contributed by atoms with Crippen molar-refractivity contribution in [2.75, 3.05) is 26.2 Å². The van der Waals surface area contributed by atoms with Gasteiger partial charge in [-0.1, -0.05) is 31.0 Å². The summed E-state index contributed by atoms with van der Waals surface area (Å²) in [4.78, 5) is 30.0. The maximum Gasteiger partial charge on any atom is 0.410 e. The van der Waals surface area contributed by atoms with Crippen molar-refractivity contribution in [2.45, 2.75) is 126 Å². The SMILES string of the molecule is Cc1nn(C2CCCCC2)c2c1CC(C(=O)NC1CCC(N3CCN(C(=O)OC(C)(C)C)CC3)CC1)S2. The van der Waals surface area contributed by atoms with Gasteiger partial charge in [-0.15, -0.1) is 0 Å². The van der Waals surface area contributed by atoms with Gasteiger partial charge >= 0.3 is 6.09 Å². The molecule has 4 aliphatic rings. The van der Waals surface area contributed by atoms with E-state index in [9.17, 15) is 9.59 Å². The number of carbonyl (C=O) groups is 2. The maximum absolute atomic E-state index is 13.2. The minimum atomic E-state index is -0.453. The molecule has 0 aromatic carbocycles. The summed E-state index contributed by atoms with van der Waals surface area (Å²) in [5.74, 6) is 0.199. The summed E-state index contributed by atoms with van der Waals surface area (Å²) in [6, 6.07) is 1.32. The van der Waals surface area contributed by atoms with E-state index in [1.807, 2.05) is 25.7 Å². The zero-order valence-corrected chi connectivity index (χ0v) is 23.9. The van der Waals surface area contributed by atoms with Crippen molar-refractivity contribution < 1.29 is 14.3 Å². The number of amides is 2. The number of aryl methyl sites for hydroxylation is 1. The molecule has 8 nitrogen and oxygen atoms in total. The lowest BCUT2D eigenvalue weighted by Crippen LogP contribution is -2.54. The standard InChI is InChI=1S/C28H45N5O3S/c1-19-23-18-24(37-26(23)33(30-19)22-8-6-5-7-9-22)25(34)29-20-10-12-21(13-11-20)31-14-16-32(17-15-31)27(35)36-28(2,3)4/h20-22,24H,5-18H2,1-4H3,(H,29,34). The van der Waals surface area contributed by atoms with Crippen LogP contribution in [0.2, 0.25) is 0 Å². The second-order valence-corrected chi connectivity index (χ2v) is 13.6. The molecule has 1 unspecified atom stereocenters. The Hall–Kier alpha value is -1.74. The van der Waals surface area contributed by atoms with E-state index in [1.54, 1.807) is 11.8 Å². The Labute approximate surface area is 226 Å². The van der Waals surface area contributed by atoms with Crippen LogP contribution in [0.4, 0.5) is 4.79 Å². The summed E-state index contributed by atoms with van der Waals surface area (Å²) in [7, 11) is 0. The second kappa shape index (κ2) is 11.2. The van der Waals surface area contributed by atoms with Crippen molar-refractivity contribution in [2.24, 2.45) is 0 Å². The van der Waals surface area contributed by atoms with Crippen LogP contribution >= 0.6 is 11.8 Å². The first-order chi connectivity index (χ1) is 17.7. The highest BCUT2D eigenvalue weighted by molar-refractivity contribution is 8.00. The van der Waals surface area contributed by atoms with Crippen molar-refractivity contribution in [1.29, 1.82) is 0 Å². The second-order valence-electron chi connectivity index (χ2n) is 12.4. The van der Waals surface area contributed by atoms with Crippen LogP contribution in [0.3, 0.4) is 0 Å². The minimum Gasteiger partial charge on any atom is -0.444 e. The Kier molecular flexibility index (Phi) is 8.10. The highest BCUT2D eigenvalue weighted by atomic mass is 32.2. The fourth-order valence-electron chi connectivity index (χ4n) is 6.48. The van der Waals surface area contributed by atoms with Gasteiger partial charge in [0.05, 0.1) is 22.0 Å². The van der Waals surface area contributed by atoms with Crippen molar-refractivity contribution >= 4 is 23.8 Å². The van der Waals surface area contributed by atoms with Gasteiger partial charge in [0.1, 0.15) is 5.60 Å². The molecule has 1 atom stereocenters. The van der Waals surface area contributed by atoms with E-state index in [-0.39, 0.29) is 23.3 Å². The lowest BCUT2D eigenvalue weighted by molar-refractivity contribution is -0.121. The molecular formula is C28H45N5O3S. The van der Waals surface area contributed by atoms with Crippen molar-refractivity contribution in [1.82, 2.24) is 24.9 Å². The average molecular weight is 532 g/mol. The molecular weight excluding hydrogens is 486 g/mol. The molecule has 37 heavy (non-hydrogen) atoms. The Bertz CT molecular complexity index is 967. The van der Waals surface area contributed by atoms with Crippen LogP contribution in [-0.4, -0.2) is 80.7 Å². The highest BCUT2D eigenvalue weighted by Gasteiger charge is 2.37. The number of hydrogen-bond acceptors (Lipinski definition) is 6. The third kappa shape index (κ3) is 6.29. The molecule has 2 amide bonds. The van der Waals surface area contributed by atoms with Gasteiger partial charge in [-0.05, 0) is 72.6 Å². The summed E-state index contributed by atoms with van der Waals surface area (Å²) in [6.07, 6.45) is 11.2. The van der Waals surface area contributed by atoms with E-state index in [4.69, 9.17) is 9.84 Å². The maximum atomic E-state index is 13.2. The van der Waals surface area contributed by atoms with E-state index in [1.165, 1.54) is 42.7 Å². The number of rotatable bonds is 4. The summed E-state index contributed by atoms with van der Waals surface area (Å²) >= 11 is 1.74. The number of aromatic nitrogens is 2. The van der Waals surface area contributed by atoms with Crippen LogP contribution in [0.5, 0.6) is 0 Å². The highest BCUT2D eigenvalue weighted by Crippen LogP contribution is 2.42. The molecule has 1 aromatic heterocycles. The van der Waals surface area contributed by atoms with Crippen LogP contribution in [0.1, 0.15) is 95.9 Å². The average Bonchev–Trinajstić information content (AvgIpc) is 3.45. The third-order valence-corrected chi connectivity index (χ3v) is 9.86. The Morgan fingerprint density at radius 3 is 2.27 bits per heavy atom. The molecule has 206 valence electrons. The Morgan fingerprint density at radius 2 is 1.62 bits per heavy atom. The number of thioether (sulfide) groups is 1. The topological polar surface area (TPSA) is 79.7 Å². The van der Waals surface area contributed by atoms with Gasteiger partial charge in [0.2, 0.25) is 5.91 Å². The van der Waals surface area contributed by atoms with Gasteiger partial charge in [0.15, 0.2) is 0 Å². The molecule has 2 aliphatic carbocycles. The molecule has 3 fully saturated rings. The molecule has 0 spiro atoms. The zero-order chi connectivity index (χ0) is 26.2. The predicted octanol–water partition coefficient (Wildman–Crippen LogP) is 4.69. The van der Waals surface area contributed by atoms with Gasteiger partial charge in [-0.25, -0.2) is 4.79 Å². The third-order valence-electron chi connectivity index (χ3n) is 8.54. The Morgan fingerprint density at radius 1 is 0.946 bits per heavy atom. The lowest BCUT2D eigenvalue weighted by atomic mass is 9.89. The van der Waals surface area contributed by atoms with Gasteiger partial charge in [0.25, 0.3) is 0 Å². The van der Waals surface area contributed by atoms with Crippen LogP contribution in [0, 0.1) is 6.92 Å². The van der Waals surface area contributed by atoms with Gasteiger partial charge in [-0.3, -0.25) is 14.4 Å². The first-order valence-corrected chi connectivity index (χ1v) is 15.3. The van der Waals surface area contributed by atoms with E-state index in [0.717, 1.165) is 64.0 Å². The molecule has 2 aliphatic heterocycles. The number of nitrogens with zero attached hydrogens (tertiary/aromatic N) is 4. The Balaban J connectivity index is 1.06. The van der Waals surface area contributed by atoms with Crippen LogP contribution in [-0.2, 0) is 16.0 Å². The molecule has 1 N–H and O–H groups in total. The molecule has 9 heteroatoms. The normalized spacial score (nSPS) is 27.7. The summed E-state index contributed by atoms with van der Waals surface area (Å²) in [5, 5.41) is 9.49. The molecule has 3 heterocycles. The molecule has 2 saturated carbocycles. The minimum absolute atomic E-state index is 0.0276. The van der Waals surface area contributed by atoms with Crippen molar-refractivity contribution in [3.8, 4) is 0 Å². The van der Waals surface area contributed by atoms with Crippen LogP contribution in [0.15, 0.2) is 5.03 Å². The quantitative estimate of drug-likeness (QED) is 0.607. The number of ether oxygens (including phenoxy) is 1. The number of carbonyl (C=O) groups excluding carboxylic acids is 2. The lowest BCUT2D eigenvalue weighted by Gasteiger charge is -2.42. The summed E-state index contributed by atoms with van der Waals surface area (Å²) in [5.41, 5.74) is 1.95. The zero-order valence-electron chi connectivity index (χ0n) is 23.1. The largest absolute Gasteiger partial charge is 0.444 e. The molecule has 1 aromatic rings. The van der Waals surface area contributed by atoms with Crippen LogP contribution < -0.4 is 5.32 Å². The van der Waals surface area contributed by atoms with Crippen molar-refractivity contribution in [3.63, 3.8) is 0 Å². The first kappa shape index (κ1) is 26.9. The number of hydrogen-bond donors (Lipinski definition) is 1. The van der Waals surface area contributed by atoms with E-state index in [2.05, 4.69) is 21.8 Å². The summed E-state index contributed by atoms with van der Waals surface area (Å²) in [6.45, 7) is 11.1. The number of nitrogens with one attached hydrogen (secondary N) is 1. The molecule has 1 saturated heterocycles. The fraction of sp³-hybridized carbons (Fsp3) is 0.821. The monoisotopic (exact) mass is 531 g/mol. The van der Waals surface area contributed by atoms with E-state index in [0.29, 0.717) is 12.1 Å². The smallest absolute Gasteiger partial charge is 0.410 e. The number of fused-ring (bicyclic) bond motifs is 1. The summed E-state index contributed by atoms with van der Waals surface area (Å²) < 4.78 is 7.79. The molecule has 0 bridgehead atoms. The van der Waals surface area contributed by atoms with E-state index < -0.39 is 5.60 Å². The van der Waals surface area contributed by atoms with Gasteiger partial charge in [-0.2, -0.15) is 5.10 Å². The first-order valence-electron chi connectivity index (χ1n) is 14.4. The van der Waals surface area contributed by atoms with Gasteiger partial charge < -0.3 is 15.0 Å². The van der Waals surface area contributed by atoms with E-state index >= 15 is 0 Å².